The highest BCUT2D eigenvalue weighted by atomic mass is 32.1. The van der Waals surface area contributed by atoms with Crippen molar-refractivity contribution >= 4 is 28.7 Å². The average molecular weight is 468 g/mol. The predicted octanol–water partition coefficient (Wildman–Crippen LogP) is 5.46. The number of aromatic nitrogens is 4. The van der Waals surface area contributed by atoms with E-state index in [-0.39, 0.29) is 16.9 Å². The van der Waals surface area contributed by atoms with Crippen LogP contribution in [0.25, 0.3) is 27.6 Å². The van der Waals surface area contributed by atoms with Crippen molar-refractivity contribution in [2.45, 2.75) is 0 Å². The highest BCUT2D eigenvalue weighted by Gasteiger charge is 2.19. The van der Waals surface area contributed by atoms with Gasteiger partial charge in [0.1, 0.15) is 5.69 Å². The van der Waals surface area contributed by atoms with Gasteiger partial charge in [0.15, 0.2) is 5.69 Å². The molecule has 9 nitrogen and oxygen atoms in total. The number of carboxylic acid groups (broad SMARTS) is 1. The number of carbonyl (C=O) groups is 1. The van der Waals surface area contributed by atoms with E-state index in [1.807, 2.05) is 35.7 Å². The summed E-state index contributed by atoms with van der Waals surface area (Å²) < 4.78 is 1.30. The maximum atomic E-state index is 13.4. The first-order valence-corrected chi connectivity index (χ1v) is 11.0. The van der Waals surface area contributed by atoms with Crippen molar-refractivity contribution < 1.29 is 9.90 Å². The number of pyridine rings is 1. The smallest absolute Gasteiger partial charge is 0.337 e. The van der Waals surface area contributed by atoms with Gasteiger partial charge >= 0.3 is 11.5 Å². The number of hydrogen-bond donors (Lipinski definition) is 2. The number of nitrogens with zero attached hydrogens (tertiary/aromatic N) is 5. The van der Waals surface area contributed by atoms with Crippen molar-refractivity contribution in [1.82, 2.24) is 19.7 Å². The Hall–Kier alpha value is -4.70. The zero-order chi connectivity index (χ0) is 23.5. The van der Waals surface area contributed by atoms with E-state index in [1.54, 1.807) is 36.7 Å². The van der Waals surface area contributed by atoms with Gasteiger partial charge in [-0.2, -0.15) is 4.68 Å². The molecule has 5 rings (SSSR count). The second-order valence-electron chi connectivity index (χ2n) is 7.12. The van der Waals surface area contributed by atoms with Crippen LogP contribution in [-0.2, 0) is 0 Å². The van der Waals surface area contributed by atoms with Gasteiger partial charge < -0.3 is 5.11 Å². The Morgan fingerprint density at radius 2 is 1.74 bits per heavy atom. The second kappa shape index (κ2) is 9.04. The van der Waals surface area contributed by atoms with Crippen LogP contribution in [0.5, 0.6) is 0 Å². The Bertz CT molecular complexity index is 1550. The molecule has 3 aromatic heterocycles. The third-order valence-corrected chi connectivity index (χ3v) is 5.79. The van der Waals surface area contributed by atoms with Crippen LogP contribution in [0.15, 0.2) is 99.5 Å². The molecule has 0 radical (unpaired) electrons. The molecule has 0 unspecified atom stereocenters. The molecule has 0 saturated carbocycles. The van der Waals surface area contributed by atoms with Gasteiger partial charge in [0.2, 0.25) is 5.13 Å². The normalized spacial score (nSPS) is 11.2. The maximum Gasteiger partial charge on any atom is 0.337 e. The number of aromatic carboxylic acids is 1. The van der Waals surface area contributed by atoms with E-state index < -0.39 is 11.5 Å². The van der Waals surface area contributed by atoms with Crippen LogP contribution >= 0.6 is 11.3 Å². The van der Waals surface area contributed by atoms with E-state index >= 15 is 0 Å². The minimum Gasteiger partial charge on any atom is -0.478 e. The molecule has 0 amide bonds. The molecule has 3 heterocycles. The molecule has 2 aromatic carbocycles. The summed E-state index contributed by atoms with van der Waals surface area (Å²) in [6.07, 6.45) is 3.22. The summed E-state index contributed by atoms with van der Waals surface area (Å²) in [6.45, 7) is 0. The summed E-state index contributed by atoms with van der Waals surface area (Å²) in [4.78, 5) is 33.6. The van der Waals surface area contributed by atoms with Crippen LogP contribution in [0.2, 0.25) is 0 Å². The van der Waals surface area contributed by atoms with Crippen molar-refractivity contribution in [3.63, 3.8) is 0 Å². The van der Waals surface area contributed by atoms with Crippen LogP contribution in [0.4, 0.5) is 11.4 Å². The number of hydrogen-bond acceptors (Lipinski definition) is 7. The summed E-state index contributed by atoms with van der Waals surface area (Å²) in [6, 6.07) is 19.4. The number of aromatic amines is 1. The number of azo groups is 1. The van der Waals surface area contributed by atoms with Crippen LogP contribution in [0.1, 0.15) is 10.4 Å². The fraction of sp³-hybridized carbons (Fsp3) is 0. The number of carboxylic acids is 1. The van der Waals surface area contributed by atoms with Gasteiger partial charge in [-0.1, -0.05) is 42.5 Å². The number of benzene rings is 2. The van der Waals surface area contributed by atoms with Gasteiger partial charge in [0, 0.05) is 28.9 Å². The van der Waals surface area contributed by atoms with Gasteiger partial charge in [-0.3, -0.25) is 14.9 Å². The average Bonchev–Trinajstić information content (AvgIpc) is 3.49. The van der Waals surface area contributed by atoms with E-state index in [0.717, 1.165) is 11.3 Å². The number of thiazole rings is 1. The fourth-order valence-corrected chi connectivity index (χ4v) is 4.11. The van der Waals surface area contributed by atoms with Gasteiger partial charge in [-0.05, 0) is 24.3 Å². The summed E-state index contributed by atoms with van der Waals surface area (Å²) >= 11 is 1.30. The fourth-order valence-electron chi connectivity index (χ4n) is 3.32. The van der Waals surface area contributed by atoms with Crippen LogP contribution in [0, 0.1) is 0 Å². The van der Waals surface area contributed by atoms with Gasteiger partial charge in [-0.15, -0.1) is 21.6 Å². The Morgan fingerprint density at radius 3 is 2.50 bits per heavy atom. The summed E-state index contributed by atoms with van der Waals surface area (Å²) in [5.74, 6) is -1.13. The highest BCUT2D eigenvalue weighted by Crippen LogP contribution is 2.30. The highest BCUT2D eigenvalue weighted by molar-refractivity contribution is 7.12. The maximum absolute atomic E-state index is 13.4. The molecule has 0 aliphatic heterocycles. The molecule has 10 heteroatoms. The topological polar surface area (TPSA) is 126 Å². The predicted molar refractivity (Wildman–Crippen MR) is 128 cm³/mol. The van der Waals surface area contributed by atoms with E-state index in [4.69, 9.17) is 0 Å². The van der Waals surface area contributed by atoms with Gasteiger partial charge in [-0.25, -0.2) is 9.78 Å². The Labute approximate surface area is 196 Å². The first-order chi connectivity index (χ1) is 16.6. The molecule has 0 saturated heterocycles. The molecule has 0 fully saturated rings. The van der Waals surface area contributed by atoms with Gasteiger partial charge in [0.25, 0.3) is 0 Å². The van der Waals surface area contributed by atoms with Crippen molar-refractivity contribution in [2.75, 3.05) is 0 Å². The molecular weight excluding hydrogens is 452 g/mol. The van der Waals surface area contributed by atoms with Crippen LogP contribution in [-0.4, -0.2) is 30.8 Å². The minimum atomic E-state index is -1.13. The first kappa shape index (κ1) is 21.2. The standard InChI is InChI=1S/C24H16N6O3S/c31-22-21(28-27-18-11-5-4-10-17(18)23(32)33)20(16-9-6-12-25-13-16)29-30(22)24-26-19(14-34-24)15-7-2-1-3-8-15/h1-14,29H,(H,32,33). The molecule has 0 atom stereocenters. The monoisotopic (exact) mass is 468 g/mol. The Balaban J connectivity index is 1.62. The summed E-state index contributed by atoms with van der Waals surface area (Å²) in [5, 5.41) is 23.0. The largest absolute Gasteiger partial charge is 0.478 e. The van der Waals surface area contributed by atoms with Crippen molar-refractivity contribution in [3.05, 3.63) is 100 Å². The molecule has 34 heavy (non-hydrogen) atoms. The Morgan fingerprint density at radius 1 is 0.971 bits per heavy atom. The molecule has 0 aliphatic carbocycles. The molecule has 0 spiro atoms. The lowest BCUT2D eigenvalue weighted by Gasteiger charge is -1.99. The van der Waals surface area contributed by atoms with Crippen molar-refractivity contribution in [2.24, 2.45) is 10.2 Å². The van der Waals surface area contributed by atoms with Crippen LogP contribution in [0.3, 0.4) is 0 Å². The SMILES string of the molecule is O=C(O)c1ccccc1N=Nc1c(-c2cccnc2)[nH]n(-c2nc(-c3ccccc3)cs2)c1=O. The molecule has 166 valence electrons. The molecule has 0 bridgehead atoms. The molecule has 2 N–H and O–H groups in total. The molecule has 5 aromatic rings. The third kappa shape index (κ3) is 4.05. The molecule has 0 aliphatic rings. The van der Waals surface area contributed by atoms with E-state index in [9.17, 15) is 14.7 Å². The first-order valence-electron chi connectivity index (χ1n) is 10.1. The summed E-state index contributed by atoms with van der Waals surface area (Å²) in [7, 11) is 0. The minimum absolute atomic E-state index is 0.0162. The quantitative estimate of drug-likeness (QED) is 0.320. The molecular formula is C24H16N6O3S. The lowest BCUT2D eigenvalue weighted by molar-refractivity contribution is 0.0697. The van der Waals surface area contributed by atoms with E-state index in [0.29, 0.717) is 16.4 Å². The van der Waals surface area contributed by atoms with Crippen molar-refractivity contribution in [1.29, 1.82) is 0 Å². The lowest BCUT2D eigenvalue weighted by atomic mass is 10.2. The Kier molecular flexibility index (Phi) is 5.63. The second-order valence-corrected chi connectivity index (χ2v) is 7.96. The van der Waals surface area contributed by atoms with E-state index in [2.05, 4.69) is 25.3 Å². The van der Waals surface area contributed by atoms with Crippen molar-refractivity contribution in [3.8, 4) is 27.6 Å². The number of rotatable bonds is 6. The zero-order valence-corrected chi connectivity index (χ0v) is 18.3. The van der Waals surface area contributed by atoms with Gasteiger partial charge in [0.05, 0.1) is 17.0 Å². The third-order valence-electron chi connectivity index (χ3n) is 4.96. The zero-order valence-electron chi connectivity index (χ0n) is 17.5. The summed E-state index contributed by atoms with van der Waals surface area (Å²) in [5.41, 5.74) is 2.36. The number of nitrogens with one attached hydrogen (secondary N) is 1. The number of H-pyrrole nitrogens is 1. The lowest BCUT2D eigenvalue weighted by Crippen LogP contribution is -2.13. The van der Waals surface area contributed by atoms with Crippen LogP contribution < -0.4 is 5.56 Å². The van der Waals surface area contributed by atoms with E-state index in [1.165, 1.54) is 28.2 Å².